The van der Waals surface area contributed by atoms with E-state index in [2.05, 4.69) is 13.8 Å². The molecule has 0 amide bonds. The van der Waals surface area contributed by atoms with Gasteiger partial charge in [0.05, 0.1) is 18.3 Å². The number of aliphatic hydroxyl groups is 1. The van der Waals surface area contributed by atoms with E-state index in [0.717, 1.165) is 38.7 Å². The molecule has 0 radical (unpaired) electrons. The number of hydrogen-bond acceptors (Lipinski definition) is 2. The Morgan fingerprint density at radius 3 is 2.07 bits per heavy atom. The van der Waals surface area contributed by atoms with Crippen LogP contribution in [0.25, 0.3) is 0 Å². The van der Waals surface area contributed by atoms with E-state index in [1.807, 2.05) is 0 Å². The van der Waals surface area contributed by atoms with Crippen LogP contribution in [-0.4, -0.2) is 23.4 Å². The van der Waals surface area contributed by atoms with Crippen LogP contribution in [0.3, 0.4) is 0 Å². The molecule has 0 bridgehead atoms. The molecule has 1 aliphatic rings. The highest BCUT2D eigenvalue weighted by Gasteiger charge is 2.35. The molecule has 14 heavy (non-hydrogen) atoms. The van der Waals surface area contributed by atoms with Crippen LogP contribution in [0.1, 0.15) is 58.8 Å². The van der Waals surface area contributed by atoms with Gasteiger partial charge in [0.15, 0.2) is 0 Å². The van der Waals surface area contributed by atoms with Gasteiger partial charge in [-0.2, -0.15) is 0 Å². The SMILES string of the molecule is CCCCC(O)(CCCC)CC1CO1. The van der Waals surface area contributed by atoms with Crippen molar-refractivity contribution < 1.29 is 9.84 Å². The summed E-state index contributed by atoms with van der Waals surface area (Å²) in [5.74, 6) is 0. The summed E-state index contributed by atoms with van der Waals surface area (Å²) in [7, 11) is 0. The molecule has 0 aromatic heterocycles. The molecule has 84 valence electrons. The first-order valence-corrected chi connectivity index (χ1v) is 6.04. The molecule has 1 unspecified atom stereocenters. The Hall–Kier alpha value is -0.0800. The molecule has 1 fully saturated rings. The van der Waals surface area contributed by atoms with Crippen molar-refractivity contribution in [3.05, 3.63) is 0 Å². The number of hydrogen-bond donors (Lipinski definition) is 1. The lowest BCUT2D eigenvalue weighted by atomic mass is 9.87. The van der Waals surface area contributed by atoms with Gasteiger partial charge >= 0.3 is 0 Å². The van der Waals surface area contributed by atoms with E-state index in [4.69, 9.17) is 4.74 Å². The fourth-order valence-corrected chi connectivity index (χ4v) is 1.95. The average Bonchev–Trinajstić information content (AvgIpc) is 2.96. The average molecular weight is 200 g/mol. The monoisotopic (exact) mass is 200 g/mol. The Morgan fingerprint density at radius 1 is 1.21 bits per heavy atom. The lowest BCUT2D eigenvalue weighted by molar-refractivity contribution is 0.00390. The molecule has 0 spiro atoms. The predicted octanol–water partition coefficient (Wildman–Crippen LogP) is 2.89. The molecule has 2 nitrogen and oxygen atoms in total. The summed E-state index contributed by atoms with van der Waals surface area (Å²) in [6.07, 6.45) is 7.70. The normalized spacial score (nSPS) is 21.2. The summed E-state index contributed by atoms with van der Waals surface area (Å²) in [6.45, 7) is 5.21. The minimum Gasteiger partial charge on any atom is -0.390 e. The van der Waals surface area contributed by atoms with Crippen molar-refractivity contribution in [3.8, 4) is 0 Å². The van der Waals surface area contributed by atoms with Crippen LogP contribution in [0, 0.1) is 0 Å². The van der Waals surface area contributed by atoms with Crippen LogP contribution < -0.4 is 0 Å². The van der Waals surface area contributed by atoms with Crippen molar-refractivity contribution in [2.24, 2.45) is 0 Å². The predicted molar refractivity (Wildman–Crippen MR) is 58.4 cm³/mol. The molecule has 1 saturated heterocycles. The molecule has 2 heteroatoms. The molecule has 1 N–H and O–H groups in total. The maximum Gasteiger partial charge on any atom is 0.0837 e. The van der Waals surface area contributed by atoms with Crippen LogP contribution in [0.4, 0.5) is 0 Å². The molecule has 0 aliphatic carbocycles. The van der Waals surface area contributed by atoms with Gasteiger partial charge < -0.3 is 9.84 Å². The third kappa shape index (κ3) is 4.43. The minimum atomic E-state index is -0.437. The number of ether oxygens (including phenoxy) is 1. The molecule has 0 aromatic rings. The Balaban J connectivity index is 2.30. The van der Waals surface area contributed by atoms with Crippen molar-refractivity contribution in [1.82, 2.24) is 0 Å². The summed E-state index contributed by atoms with van der Waals surface area (Å²) in [4.78, 5) is 0. The second kappa shape index (κ2) is 5.72. The van der Waals surface area contributed by atoms with Gasteiger partial charge in [0.25, 0.3) is 0 Å². The van der Waals surface area contributed by atoms with Gasteiger partial charge in [-0.05, 0) is 12.8 Å². The Morgan fingerprint density at radius 2 is 1.71 bits per heavy atom. The lowest BCUT2D eigenvalue weighted by Gasteiger charge is -2.27. The molecule has 0 saturated carbocycles. The summed E-state index contributed by atoms with van der Waals surface area (Å²) in [5, 5.41) is 10.4. The van der Waals surface area contributed by atoms with E-state index in [-0.39, 0.29) is 0 Å². The Bertz CT molecular complexity index is 144. The van der Waals surface area contributed by atoms with Crippen molar-refractivity contribution in [3.63, 3.8) is 0 Å². The van der Waals surface area contributed by atoms with Gasteiger partial charge in [-0.25, -0.2) is 0 Å². The lowest BCUT2D eigenvalue weighted by Crippen LogP contribution is -2.30. The molecule has 1 atom stereocenters. The van der Waals surface area contributed by atoms with Gasteiger partial charge in [0.1, 0.15) is 0 Å². The van der Waals surface area contributed by atoms with Crippen LogP contribution >= 0.6 is 0 Å². The van der Waals surface area contributed by atoms with E-state index >= 15 is 0 Å². The largest absolute Gasteiger partial charge is 0.390 e. The fraction of sp³-hybridized carbons (Fsp3) is 1.00. The third-order valence-corrected chi connectivity index (χ3v) is 3.00. The topological polar surface area (TPSA) is 32.8 Å². The summed E-state index contributed by atoms with van der Waals surface area (Å²) in [6, 6.07) is 0. The standard InChI is InChI=1S/C12H24O2/c1-3-5-7-12(13,8-6-4-2)9-11-10-14-11/h11,13H,3-10H2,1-2H3. The van der Waals surface area contributed by atoms with E-state index in [1.165, 1.54) is 12.8 Å². The highest BCUT2D eigenvalue weighted by molar-refractivity contribution is 4.86. The van der Waals surface area contributed by atoms with Crippen LogP contribution in [0.15, 0.2) is 0 Å². The maximum atomic E-state index is 10.4. The number of rotatable bonds is 8. The fourth-order valence-electron chi connectivity index (χ4n) is 1.95. The summed E-state index contributed by atoms with van der Waals surface area (Å²) >= 11 is 0. The van der Waals surface area contributed by atoms with Gasteiger partial charge in [-0.15, -0.1) is 0 Å². The molecule has 0 aromatic carbocycles. The highest BCUT2D eigenvalue weighted by Crippen LogP contribution is 2.31. The van der Waals surface area contributed by atoms with Crippen molar-refractivity contribution in [2.45, 2.75) is 70.5 Å². The zero-order chi connectivity index (χ0) is 10.4. The van der Waals surface area contributed by atoms with Crippen LogP contribution in [0.5, 0.6) is 0 Å². The minimum absolute atomic E-state index is 0.355. The van der Waals surface area contributed by atoms with Crippen molar-refractivity contribution in [2.75, 3.05) is 6.61 Å². The van der Waals surface area contributed by atoms with E-state index in [1.54, 1.807) is 0 Å². The van der Waals surface area contributed by atoms with Gasteiger partial charge in [0.2, 0.25) is 0 Å². The quantitative estimate of drug-likeness (QED) is 0.611. The number of epoxide rings is 1. The smallest absolute Gasteiger partial charge is 0.0837 e. The Kier molecular flexibility index (Phi) is 4.90. The molecule has 1 heterocycles. The zero-order valence-electron chi connectivity index (χ0n) is 9.59. The second-order valence-corrected chi connectivity index (χ2v) is 4.59. The summed E-state index contributed by atoms with van der Waals surface area (Å²) < 4.78 is 5.20. The first-order chi connectivity index (χ1) is 6.70. The number of unbranched alkanes of at least 4 members (excludes halogenated alkanes) is 2. The molecular formula is C12H24O2. The highest BCUT2D eigenvalue weighted by atomic mass is 16.6. The zero-order valence-corrected chi connectivity index (χ0v) is 9.59. The van der Waals surface area contributed by atoms with Gasteiger partial charge in [-0.3, -0.25) is 0 Å². The molecular weight excluding hydrogens is 176 g/mol. The third-order valence-electron chi connectivity index (χ3n) is 3.00. The van der Waals surface area contributed by atoms with Crippen LogP contribution in [0.2, 0.25) is 0 Å². The molecule has 1 rings (SSSR count). The van der Waals surface area contributed by atoms with E-state index < -0.39 is 5.60 Å². The van der Waals surface area contributed by atoms with E-state index in [0.29, 0.717) is 6.10 Å². The first kappa shape index (κ1) is 12.0. The van der Waals surface area contributed by atoms with Crippen LogP contribution in [-0.2, 0) is 4.74 Å². The van der Waals surface area contributed by atoms with E-state index in [9.17, 15) is 5.11 Å². The second-order valence-electron chi connectivity index (χ2n) is 4.59. The first-order valence-electron chi connectivity index (χ1n) is 6.04. The molecule has 1 aliphatic heterocycles. The summed E-state index contributed by atoms with van der Waals surface area (Å²) in [5.41, 5.74) is -0.437. The van der Waals surface area contributed by atoms with Crippen molar-refractivity contribution >= 4 is 0 Å². The van der Waals surface area contributed by atoms with Gasteiger partial charge in [0, 0.05) is 6.42 Å². The Labute approximate surface area is 87.7 Å². The van der Waals surface area contributed by atoms with Gasteiger partial charge in [-0.1, -0.05) is 39.5 Å². The maximum absolute atomic E-state index is 10.4. The van der Waals surface area contributed by atoms with Crippen molar-refractivity contribution in [1.29, 1.82) is 0 Å².